The van der Waals surface area contributed by atoms with Crippen molar-refractivity contribution in [2.24, 2.45) is 5.92 Å². The summed E-state index contributed by atoms with van der Waals surface area (Å²) in [7, 11) is 1.60. The highest BCUT2D eigenvalue weighted by atomic mass is 35.7. The van der Waals surface area contributed by atoms with Crippen LogP contribution < -0.4 is 5.32 Å². The van der Waals surface area contributed by atoms with Gasteiger partial charge in [-0.2, -0.15) is 0 Å². The highest BCUT2D eigenvalue weighted by Crippen LogP contribution is 2.15. The Morgan fingerprint density at radius 2 is 1.90 bits per heavy atom. The van der Waals surface area contributed by atoms with Gasteiger partial charge in [0.05, 0.1) is 4.90 Å². The third kappa shape index (κ3) is 6.96. The van der Waals surface area contributed by atoms with Crippen molar-refractivity contribution in [3.63, 3.8) is 0 Å². The van der Waals surface area contributed by atoms with Crippen LogP contribution in [0.3, 0.4) is 0 Å². The second-order valence-electron chi connectivity index (χ2n) is 5.25. The van der Waals surface area contributed by atoms with Crippen LogP contribution in [0.1, 0.15) is 38.7 Å². The largest absolute Gasteiger partial charge is 0.356 e. The number of benzene rings is 1. The van der Waals surface area contributed by atoms with Gasteiger partial charge in [0.25, 0.3) is 9.05 Å². The smallest absolute Gasteiger partial charge is 0.261 e. The maximum atomic E-state index is 11.6. The molecule has 0 saturated carbocycles. The van der Waals surface area contributed by atoms with Gasteiger partial charge in [-0.3, -0.25) is 4.79 Å². The number of amides is 1. The average Bonchev–Trinajstić information content (AvgIpc) is 2.43. The van der Waals surface area contributed by atoms with Crippen molar-refractivity contribution in [3.8, 4) is 0 Å². The van der Waals surface area contributed by atoms with Crippen LogP contribution in [-0.2, 0) is 20.3 Å². The lowest BCUT2D eigenvalue weighted by atomic mass is 10.0. The minimum Gasteiger partial charge on any atom is -0.356 e. The van der Waals surface area contributed by atoms with E-state index in [2.05, 4.69) is 19.2 Å². The van der Waals surface area contributed by atoms with E-state index in [4.69, 9.17) is 10.7 Å². The zero-order valence-corrected chi connectivity index (χ0v) is 14.0. The van der Waals surface area contributed by atoms with Gasteiger partial charge >= 0.3 is 0 Å². The normalized spacial score (nSPS) is 12.9. The predicted octanol–water partition coefficient (Wildman–Crippen LogP) is 3.10. The highest BCUT2D eigenvalue weighted by Gasteiger charge is 2.09. The van der Waals surface area contributed by atoms with Gasteiger partial charge in [-0.1, -0.05) is 32.4 Å². The maximum Gasteiger partial charge on any atom is 0.261 e. The SMILES string of the molecule is CCC(C)CC(=O)NCCCc1ccc(S(=O)(=O)Cl)cc1. The molecule has 0 saturated heterocycles. The Balaban J connectivity index is 2.32. The van der Waals surface area contributed by atoms with Crippen LogP contribution in [0.5, 0.6) is 0 Å². The average molecular weight is 332 g/mol. The molecule has 6 heteroatoms. The molecule has 118 valence electrons. The van der Waals surface area contributed by atoms with E-state index in [0.29, 0.717) is 18.9 Å². The number of carbonyl (C=O) groups is 1. The van der Waals surface area contributed by atoms with E-state index >= 15 is 0 Å². The molecule has 1 amide bonds. The van der Waals surface area contributed by atoms with Gasteiger partial charge < -0.3 is 5.32 Å². The van der Waals surface area contributed by atoms with Crippen LogP contribution in [-0.4, -0.2) is 20.9 Å². The summed E-state index contributed by atoms with van der Waals surface area (Å²) in [6.07, 6.45) is 3.17. The van der Waals surface area contributed by atoms with Crippen molar-refractivity contribution < 1.29 is 13.2 Å². The van der Waals surface area contributed by atoms with Gasteiger partial charge in [-0.05, 0) is 36.5 Å². The van der Waals surface area contributed by atoms with Crippen LogP contribution in [0, 0.1) is 5.92 Å². The standard InChI is InChI=1S/C15H22ClNO3S/c1-3-12(2)11-15(18)17-10-4-5-13-6-8-14(9-7-13)21(16,19)20/h6-9,12H,3-5,10-11H2,1-2H3,(H,17,18). The summed E-state index contributed by atoms with van der Waals surface area (Å²) in [6.45, 7) is 4.76. The Kier molecular flexibility index (Phi) is 7.18. The first-order valence-corrected chi connectivity index (χ1v) is 9.44. The molecule has 4 nitrogen and oxygen atoms in total. The lowest BCUT2D eigenvalue weighted by Crippen LogP contribution is -2.26. The maximum absolute atomic E-state index is 11.6. The molecule has 1 aromatic carbocycles. The lowest BCUT2D eigenvalue weighted by Gasteiger charge is -2.09. The number of hydrogen-bond acceptors (Lipinski definition) is 3. The quantitative estimate of drug-likeness (QED) is 0.588. The van der Waals surface area contributed by atoms with Crippen molar-refractivity contribution in [1.82, 2.24) is 5.32 Å². The molecule has 1 rings (SSSR count). The Bertz CT molecular complexity index is 555. The molecule has 1 unspecified atom stereocenters. The molecule has 1 atom stereocenters. The van der Waals surface area contributed by atoms with Crippen LogP contribution in [0.2, 0.25) is 0 Å². The Morgan fingerprint density at radius 3 is 2.43 bits per heavy atom. The molecule has 1 aromatic rings. The molecule has 0 aromatic heterocycles. The van der Waals surface area contributed by atoms with Gasteiger partial charge in [-0.15, -0.1) is 0 Å². The van der Waals surface area contributed by atoms with Gasteiger partial charge in [0.2, 0.25) is 5.91 Å². The second-order valence-corrected chi connectivity index (χ2v) is 7.82. The lowest BCUT2D eigenvalue weighted by molar-refractivity contribution is -0.121. The molecular formula is C15H22ClNO3S. The molecule has 0 radical (unpaired) electrons. The first kappa shape index (κ1) is 18.0. The molecule has 0 fully saturated rings. The van der Waals surface area contributed by atoms with Crippen molar-refractivity contribution in [2.75, 3.05) is 6.54 Å². The monoisotopic (exact) mass is 331 g/mol. The first-order valence-electron chi connectivity index (χ1n) is 7.13. The Morgan fingerprint density at radius 1 is 1.29 bits per heavy atom. The van der Waals surface area contributed by atoms with E-state index in [1.807, 2.05) is 0 Å². The molecule has 0 aliphatic heterocycles. The van der Waals surface area contributed by atoms with E-state index in [9.17, 15) is 13.2 Å². The van der Waals surface area contributed by atoms with Gasteiger partial charge in [0.15, 0.2) is 0 Å². The zero-order chi connectivity index (χ0) is 15.9. The molecule has 0 spiro atoms. The fourth-order valence-electron chi connectivity index (χ4n) is 1.87. The molecular weight excluding hydrogens is 310 g/mol. The van der Waals surface area contributed by atoms with E-state index in [0.717, 1.165) is 24.8 Å². The Labute approximate surface area is 131 Å². The van der Waals surface area contributed by atoms with Gasteiger partial charge in [-0.25, -0.2) is 8.42 Å². The van der Waals surface area contributed by atoms with E-state index in [1.54, 1.807) is 12.1 Å². The third-order valence-corrected chi connectivity index (χ3v) is 4.77. The minimum atomic E-state index is -3.65. The van der Waals surface area contributed by atoms with Crippen molar-refractivity contribution in [3.05, 3.63) is 29.8 Å². The fourth-order valence-corrected chi connectivity index (χ4v) is 2.64. The summed E-state index contributed by atoms with van der Waals surface area (Å²) >= 11 is 0. The molecule has 0 heterocycles. The number of aryl methyl sites for hydroxylation is 1. The summed E-state index contributed by atoms with van der Waals surface area (Å²) in [4.78, 5) is 11.7. The summed E-state index contributed by atoms with van der Waals surface area (Å²) < 4.78 is 22.2. The minimum absolute atomic E-state index is 0.0907. The van der Waals surface area contributed by atoms with Gasteiger partial charge in [0, 0.05) is 23.6 Å². The number of halogens is 1. The van der Waals surface area contributed by atoms with E-state index in [-0.39, 0.29) is 10.8 Å². The molecule has 0 bridgehead atoms. The topological polar surface area (TPSA) is 63.2 Å². The third-order valence-electron chi connectivity index (χ3n) is 3.40. The summed E-state index contributed by atoms with van der Waals surface area (Å²) in [5.74, 6) is 0.503. The number of hydrogen-bond donors (Lipinski definition) is 1. The Hall–Kier alpha value is -1.07. The van der Waals surface area contributed by atoms with Crippen LogP contribution in [0.15, 0.2) is 29.2 Å². The number of nitrogens with one attached hydrogen (secondary N) is 1. The summed E-state index contributed by atoms with van der Waals surface area (Å²) in [5, 5.41) is 2.90. The fraction of sp³-hybridized carbons (Fsp3) is 0.533. The van der Waals surface area contributed by atoms with E-state index in [1.165, 1.54) is 12.1 Å². The summed E-state index contributed by atoms with van der Waals surface area (Å²) in [5.41, 5.74) is 1.02. The predicted molar refractivity (Wildman–Crippen MR) is 84.9 cm³/mol. The first-order chi connectivity index (χ1) is 9.82. The number of rotatable bonds is 8. The highest BCUT2D eigenvalue weighted by molar-refractivity contribution is 8.13. The van der Waals surface area contributed by atoms with Crippen LogP contribution in [0.4, 0.5) is 0 Å². The van der Waals surface area contributed by atoms with Gasteiger partial charge in [0.1, 0.15) is 0 Å². The second kappa shape index (κ2) is 8.39. The summed E-state index contributed by atoms with van der Waals surface area (Å²) in [6, 6.07) is 6.49. The van der Waals surface area contributed by atoms with Crippen LogP contribution >= 0.6 is 10.7 Å². The molecule has 0 aliphatic carbocycles. The van der Waals surface area contributed by atoms with Crippen LogP contribution in [0.25, 0.3) is 0 Å². The van der Waals surface area contributed by atoms with Crippen molar-refractivity contribution in [2.45, 2.75) is 44.4 Å². The zero-order valence-electron chi connectivity index (χ0n) is 12.4. The molecule has 0 aliphatic rings. The number of carbonyl (C=O) groups excluding carboxylic acids is 1. The van der Waals surface area contributed by atoms with Crippen molar-refractivity contribution in [1.29, 1.82) is 0 Å². The molecule has 21 heavy (non-hydrogen) atoms. The van der Waals surface area contributed by atoms with Crippen molar-refractivity contribution >= 4 is 25.6 Å². The molecule has 1 N–H and O–H groups in total. The van der Waals surface area contributed by atoms with E-state index < -0.39 is 9.05 Å².